The molecule has 1 aromatic carbocycles. The Kier molecular flexibility index (Phi) is 4.20. The smallest absolute Gasteiger partial charge is 0.222 e. The van der Waals surface area contributed by atoms with Gasteiger partial charge in [-0.1, -0.05) is 0 Å². The van der Waals surface area contributed by atoms with Crippen LogP contribution in [0.5, 0.6) is 5.75 Å². The van der Waals surface area contributed by atoms with Crippen molar-refractivity contribution < 1.29 is 9.53 Å². The summed E-state index contributed by atoms with van der Waals surface area (Å²) in [6.07, 6.45) is 2.54. The lowest BCUT2D eigenvalue weighted by molar-refractivity contribution is -0.127. The van der Waals surface area contributed by atoms with Crippen LogP contribution in [0.3, 0.4) is 0 Å². The first-order valence-corrected chi connectivity index (χ1v) is 8.01. The van der Waals surface area contributed by atoms with Crippen LogP contribution in [0.4, 0.5) is 0 Å². The van der Waals surface area contributed by atoms with Crippen LogP contribution in [0.15, 0.2) is 29.6 Å². The summed E-state index contributed by atoms with van der Waals surface area (Å²) in [4.78, 5) is 18.2. The Morgan fingerprint density at radius 3 is 2.81 bits per heavy atom. The summed E-state index contributed by atoms with van der Waals surface area (Å²) >= 11 is 1.66. The fourth-order valence-electron chi connectivity index (χ4n) is 2.49. The van der Waals surface area contributed by atoms with E-state index in [4.69, 9.17) is 4.74 Å². The average molecular weight is 302 g/mol. The predicted octanol–water partition coefficient (Wildman–Crippen LogP) is 2.98. The number of methoxy groups -OCH3 is 1. The highest BCUT2D eigenvalue weighted by atomic mass is 32.1. The molecule has 0 spiro atoms. The maximum absolute atomic E-state index is 11.6. The summed E-state index contributed by atoms with van der Waals surface area (Å²) in [5.74, 6) is 1.13. The topological polar surface area (TPSA) is 42.4 Å². The van der Waals surface area contributed by atoms with E-state index in [1.165, 1.54) is 0 Å². The van der Waals surface area contributed by atoms with Crippen molar-refractivity contribution in [1.29, 1.82) is 0 Å². The second-order valence-electron chi connectivity index (χ2n) is 5.09. The van der Waals surface area contributed by atoms with Gasteiger partial charge in [0.15, 0.2) is 0 Å². The molecular weight excluding hydrogens is 284 g/mol. The summed E-state index contributed by atoms with van der Waals surface area (Å²) in [6, 6.07) is 7.91. The number of thiazole rings is 1. The number of rotatable bonds is 5. The molecule has 0 unspecified atom stereocenters. The zero-order valence-corrected chi connectivity index (χ0v) is 12.9. The molecule has 1 aliphatic heterocycles. The standard InChI is InChI=1S/C16H18N2O2S/c1-20-13-6-4-12(5-7-13)14-11-21-15(17-14)8-10-18-9-2-3-16(18)19/h4-7,11H,2-3,8-10H2,1H3. The average Bonchev–Trinajstić information content (AvgIpc) is 3.14. The van der Waals surface area contributed by atoms with Gasteiger partial charge in [0.1, 0.15) is 5.75 Å². The second kappa shape index (κ2) is 6.26. The van der Waals surface area contributed by atoms with E-state index in [2.05, 4.69) is 10.4 Å². The zero-order chi connectivity index (χ0) is 14.7. The lowest BCUT2D eigenvalue weighted by atomic mass is 10.2. The van der Waals surface area contributed by atoms with Crippen molar-refractivity contribution in [3.8, 4) is 17.0 Å². The van der Waals surface area contributed by atoms with Crippen LogP contribution >= 0.6 is 11.3 Å². The number of hydrogen-bond donors (Lipinski definition) is 0. The van der Waals surface area contributed by atoms with Crippen molar-refractivity contribution in [2.45, 2.75) is 19.3 Å². The first kappa shape index (κ1) is 14.1. The number of nitrogens with zero attached hydrogens (tertiary/aromatic N) is 2. The van der Waals surface area contributed by atoms with Crippen LogP contribution < -0.4 is 4.74 Å². The van der Waals surface area contributed by atoms with Gasteiger partial charge in [-0.3, -0.25) is 4.79 Å². The highest BCUT2D eigenvalue weighted by Crippen LogP contribution is 2.24. The van der Waals surface area contributed by atoms with Gasteiger partial charge in [-0.2, -0.15) is 0 Å². The number of carbonyl (C=O) groups excluding carboxylic acids is 1. The van der Waals surface area contributed by atoms with Crippen LogP contribution in [-0.4, -0.2) is 36.0 Å². The quantitative estimate of drug-likeness (QED) is 0.852. The number of carbonyl (C=O) groups is 1. The molecule has 1 saturated heterocycles. The van der Waals surface area contributed by atoms with Gasteiger partial charge in [-0.25, -0.2) is 4.98 Å². The molecular formula is C16H18N2O2S. The summed E-state index contributed by atoms with van der Waals surface area (Å²) in [7, 11) is 1.66. The van der Waals surface area contributed by atoms with Gasteiger partial charge in [-0.05, 0) is 30.7 Å². The van der Waals surface area contributed by atoms with E-state index in [0.29, 0.717) is 6.42 Å². The Morgan fingerprint density at radius 1 is 1.33 bits per heavy atom. The van der Waals surface area contributed by atoms with E-state index in [1.54, 1.807) is 18.4 Å². The molecule has 1 amide bonds. The first-order valence-electron chi connectivity index (χ1n) is 7.13. The molecule has 5 heteroatoms. The van der Waals surface area contributed by atoms with E-state index in [9.17, 15) is 4.79 Å². The molecule has 1 aromatic heterocycles. The van der Waals surface area contributed by atoms with Crippen molar-refractivity contribution >= 4 is 17.2 Å². The normalized spacial score (nSPS) is 14.7. The molecule has 1 fully saturated rings. The van der Waals surface area contributed by atoms with Gasteiger partial charge in [-0.15, -0.1) is 11.3 Å². The van der Waals surface area contributed by atoms with Gasteiger partial charge in [0.2, 0.25) is 5.91 Å². The number of hydrogen-bond acceptors (Lipinski definition) is 4. The molecule has 0 bridgehead atoms. The SMILES string of the molecule is COc1ccc(-c2csc(CCN3CCCC3=O)n2)cc1. The Balaban J connectivity index is 1.63. The van der Waals surface area contributed by atoms with E-state index in [0.717, 1.165) is 47.9 Å². The number of ether oxygens (including phenoxy) is 1. The van der Waals surface area contributed by atoms with Gasteiger partial charge >= 0.3 is 0 Å². The van der Waals surface area contributed by atoms with Crippen molar-refractivity contribution in [3.05, 3.63) is 34.7 Å². The molecule has 0 aliphatic carbocycles. The van der Waals surface area contributed by atoms with E-state index in [1.807, 2.05) is 29.2 Å². The van der Waals surface area contributed by atoms with Crippen molar-refractivity contribution in [2.75, 3.05) is 20.2 Å². The summed E-state index contributed by atoms with van der Waals surface area (Å²) in [6.45, 7) is 1.68. The van der Waals surface area contributed by atoms with Crippen molar-refractivity contribution in [2.24, 2.45) is 0 Å². The van der Waals surface area contributed by atoms with Gasteiger partial charge in [0, 0.05) is 36.9 Å². The number of likely N-dealkylation sites (tertiary alicyclic amines) is 1. The Morgan fingerprint density at radius 2 is 2.14 bits per heavy atom. The van der Waals surface area contributed by atoms with Crippen LogP contribution in [0, 0.1) is 0 Å². The summed E-state index contributed by atoms with van der Waals surface area (Å²) in [5.41, 5.74) is 2.08. The largest absolute Gasteiger partial charge is 0.497 e. The molecule has 0 atom stereocenters. The van der Waals surface area contributed by atoms with Gasteiger partial charge in [0.25, 0.3) is 0 Å². The zero-order valence-electron chi connectivity index (χ0n) is 12.0. The Labute approximate surface area is 128 Å². The van der Waals surface area contributed by atoms with Crippen LogP contribution in [-0.2, 0) is 11.2 Å². The maximum atomic E-state index is 11.6. The second-order valence-corrected chi connectivity index (χ2v) is 6.03. The lowest BCUT2D eigenvalue weighted by Crippen LogP contribution is -2.26. The molecule has 2 aromatic rings. The van der Waals surface area contributed by atoms with Gasteiger partial charge in [0.05, 0.1) is 17.8 Å². The Hall–Kier alpha value is -1.88. The number of benzene rings is 1. The number of aromatic nitrogens is 1. The third-order valence-electron chi connectivity index (χ3n) is 3.70. The highest BCUT2D eigenvalue weighted by Gasteiger charge is 2.19. The fourth-order valence-corrected chi connectivity index (χ4v) is 3.29. The highest BCUT2D eigenvalue weighted by molar-refractivity contribution is 7.09. The van der Waals surface area contributed by atoms with Crippen LogP contribution in [0.25, 0.3) is 11.3 Å². The molecule has 1 aliphatic rings. The molecule has 3 rings (SSSR count). The molecule has 0 radical (unpaired) electrons. The van der Waals surface area contributed by atoms with Crippen molar-refractivity contribution in [1.82, 2.24) is 9.88 Å². The van der Waals surface area contributed by atoms with Crippen molar-refractivity contribution in [3.63, 3.8) is 0 Å². The van der Waals surface area contributed by atoms with Crippen LogP contribution in [0.1, 0.15) is 17.8 Å². The molecule has 110 valence electrons. The fraction of sp³-hybridized carbons (Fsp3) is 0.375. The maximum Gasteiger partial charge on any atom is 0.222 e. The van der Waals surface area contributed by atoms with E-state index in [-0.39, 0.29) is 5.91 Å². The third kappa shape index (κ3) is 3.24. The monoisotopic (exact) mass is 302 g/mol. The minimum absolute atomic E-state index is 0.280. The van der Waals surface area contributed by atoms with E-state index >= 15 is 0 Å². The first-order chi connectivity index (χ1) is 10.3. The summed E-state index contributed by atoms with van der Waals surface area (Å²) < 4.78 is 5.16. The molecule has 4 nitrogen and oxygen atoms in total. The number of amides is 1. The molecule has 0 saturated carbocycles. The predicted molar refractivity (Wildman–Crippen MR) is 83.6 cm³/mol. The molecule has 2 heterocycles. The third-order valence-corrected chi connectivity index (χ3v) is 4.61. The molecule has 0 N–H and O–H groups in total. The lowest BCUT2D eigenvalue weighted by Gasteiger charge is -2.13. The minimum atomic E-state index is 0.280. The molecule has 21 heavy (non-hydrogen) atoms. The minimum Gasteiger partial charge on any atom is -0.497 e. The van der Waals surface area contributed by atoms with Gasteiger partial charge < -0.3 is 9.64 Å². The Bertz CT molecular complexity index is 621. The van der Waals surface area contributed by atoms with E-state index < -0.39 is 0 Å². The van der Waals surface area contributed by atoms with Crippen LogP contribution in [0.2, 0.25) is 0 Å². The summed E-state index contributed by atoms with van der Waals surface area (Å²) in [5, 5.41) is 3.16.